The summed E-state index contributed by atoms with van der Waals surface area (Å²) in [5, 5.41) is 0. The molecule has 35 heavy (non-hydrogen) atoms. The summed E-state index contributed by atoms with van der Waals surface area (Å²) in [6.45, 7) is 9.96. The van der Waals surface area contributed by atoms with E-state index in [-0.39, 0.29) is 12.2 Å². The lowest BCUT2D eigenvalue weighted by molar-refractivity contribution is -0.139. The summed E-state index contributed by atoms with van der Waals surface area (Å²) >= 11 is 1.23. The van der Waals surface area contributed by atoms with Gasteiger partial charge in [0.1, 0.15) is 12.4 Å². The molecule has 9 heteroatoms. The number of aromatic nitrogens is 1. The van der Waals surface area contributed by atoms with Crippen LogP contribution in [0.5, 0.6) is 11.5 Å². The number of carbonyl (C=O) groups is 1. The molecule has 0 saturated heterocycles. The highest BCUT2D eigenvalue weighted by Gasteiger charge is 2.34. The second-order valence-electron chi connectivity index (χ2n) is 7.56. The second-order valence-corrected chi connectivity index (χ2v) is 8.57. The average Bonchev–Trinajstić information content (AvgIpc) is 3.45. The van der Waals surface area contributed by atoms with Crippen LogP contribution < -0.4 is 24.4 Å². The van der Waals surface area contributed by atoms with Gasteiger partial charge in [-0.2, -0.15) is 0 Å². The van der Waals surface area contributed by atoms with E-state index < -0.39 is 12.0 Å². The number of carbonyl (C=O) groups excluding carboxylic acids is 1. The molecule has 3 heterocycles. The summed E-state index contributed by atoms with van der Waals surface area (Å²) in [5.41, 5.74) is 1.17. The van der Waals surface area contributed by atoms with Crippen LogP contribution in [-0.2, 0) is 9.53 Å². The van der Waals surface area contributed by atoms with E-state index in [1.165, 1.54) is 15.9 Å². The quantitative estimate of drug-likeness (QED) is 0.335. The molecule has 0 spiro atoms. The highest BCUT2D eigenvalue weighted by Crippen LogP contribution is 2.36. The number of hydrogen-bond donors (Lipinski definition) is 0. The molecular weight excluding hydrogens is 468 g/mol. The first-order chi connectivity index (χ1) is 17.0. The summed E-state index contributed by atoms with van der Waals surface area (Å²) in [4.78, 5) is 31.7. The zero-order chi connectivity index (χ0) is 24.9. The topological polar surface area (TPSA) is 92.3 Å². The van der Waals surface area contributed by atoms with E-state index in [1.807, 2.05) is 13.0 Å². The van der Waals surface area contributed by atoms with Gasteiger partial charge in [0.25, 0.3) is 5.56 Å². The summed E-state index contributed by atoms with van der Waals surface area (Å²) in [5.74, 6) is 1.07. The first-order valence-corrected chi connectivity index (χ1v) is 12.0. The largest absolute Gasteiger partial charge is 0.490 e. The monoisotopic (exact) mass is 494 g/mol. The van der Waals surface area contributed by atoms with Gasteiger partial charge in [0.2, 0.25) is 0 Å². The third-order valence-electron chi connectivity index (χ3n) is 5.27. The lowest BCUT2D eigenvalue weighted by Crippen LogP contribution is -2.40. The highest BCUT2D eigenvalue weighted by atomic mass is 32.1. The third kappa shape index (κ3) is 4.85. The Labute approximate surface area is 206 Å². The van der Waals surface area contributed by atoms with Gasteiger partial charge >= 0.3 is 5.97 Å². The lowest BCUT2D eigenvalue weighted by Gasteiger charge is -2.25. The first kappa shape index (κ1) is 24.3. The fourth-order valence-electron chi connectivity index (χ4n) is 3.84. The van der Waals surface area contributed by atoms with Crippen molar-refractivity contribution in [2.75, 3.05) is 19.8 Å². The lowest BCUT2D eigenvalue weighted by atomic mass is 9.95. The molecule has 0 unspecified atom stereocenters. The molecule has 3 aromatic rings. The number of hydrogen-bond acceptors (Lipinski definition) is 8. The van der Waals surface area contributed by atoms with E-state index >= 15 is 0 Å². The first-order valence-electron chi connectivity index (χ1n) is 11.2. The van der Waals surface area contributed by atoms with Crippen LogP contribution in [0.1, 0.15) is 38.1 Å². The predicted octanol–water partition coefficient (Wildman–Crippen LogP) is 3.35. The summed E-state index contributed by atoms with van der Waals surface area (Å²) in [7, 11) is 0. The third-order valence-corrected chi connectivity index (χ3v) is 6.26. The van der Waals surface area contributed by atoms with Gasteiger partial charge in [0.05, 0.1) is 41.3 Å². The highest BCUT2D eigenvalue weighted by molar-refractivity contribution is 7.07. The number of benzene rings is 1. The molecule has 1 aromatic carbocycles. The standard InChI is InChI=1S/C26H26N2O6S/c1-5-12-34-19-11-10-17(14-20(19)31-6-2)23-22(25(30)32-7-3)16(4)27-26-28(23)24(29)21(35-26)15-18-9-8-13-33-18/h5,8-11,13-15,23H,1,6-7,12H2,2-4H3/b21-15+/t23-/m1/s1. The van der Waals surface area contributed by atoms with Gasteiger partial charge in [-0.15, -0.1) is 0 Å². The van der Waals surface area contributed by atoms with Crippen LogP contribution in [0.2, 0.25) is 0 Å². The smallest absolute Gasteiger partial charge is 0.338 e. The normalized spacial score (nSPS) is 15.4. The Hall–Kier alpha value is -3.85. The summed E-state index contributed by atoms with van der Waals surface area (Å²) in [6, 6.07) is 8.13. The van der Waals surface area contributed by atoms with Crippen LogP contribution in [0.25, 0.3) is 6.08 Å². The van der Waals surface area contributed by atoms with E-state index in [0.29, 0.717) is 56.6 Å². The number of thiazole rings is 1. The van der Waals surface area contributed by atoms with Crippen molar-refractivity contribution in [3.63, 3.8) is 0 Å². The molecule has 1 atom stereocenters. The van der Waals surface area contributed by atoms with E-state index in [0.717, 1.165) is 0 Å². The average molecular weight is 495 g/mol. The Balaban J connectivity index is 1.93. The number of furan rings is 1. The Bertz CT molecular complexity index is 1450. The van der Waals surface area contributed by atoms with Crippen molar-refractivity contribution in [2.45, 2.75) is 26.8 Å². The molecule has 4 rings (SSSR count). The summed E-state index contributed by atoms with van der Waals surface area (Å²) in [6.07, 6.45) is 4.85. The number of esters is 1. The molecule has 0 N–H and O–H groups in total. The van der Waals surface area contributed by atoms with Crippen molar-refractivity contribution in [1.29, 1.82) is 0 Å². The van der Waals surface area contributed by atoms with Crippen LogP contribution in [0, 0.1) is 0 Å². The molecule has 182 valence electrons. The van der Waals surface area contributed by atoms with Gasteiger partial charge in [-0.3, -0.25) is 9.36 Å². The zero-order valence-corrected chi connectivity index (χ0v) is 20.6. The molecule has 0 amide bonds. The molecule has 1 aliphatic rings. The molecular formula is C26H26N2O6S. The van der Waals surface area contributed by atoms with Crippen LogP contribution in [-0.4, -0.2) is 30.4 Å². The molecule has 8 nitrogen and oxygen atoms in total. The number of nitrogens with zero attached hydrogens (tertiary/aromatic N) is 2. The van der Waals surface area contributed by atoms with E-state index in [1.54, 1.807) is 56.5 Å². The van der Waals surface area contributed by atoms with Crippen molar-refractivity contribution in [2.24, 2.45) is 4.99 Å². The van der Waals surface area contributed by atoms with E-state index in [2.05, 4.69) is 11.6 Å². The van der Waals surface area contributed by atoms with Gasteiger partial charge < -0.3 is 18.6 Å². The Kier molecular flexibility index (Phi) is 7.36. The van der Waals surface area contributed by atoms with Gasteiger partial charge in [0, 0.05) is 6.08 Å². The van der Waals surface area contributed by atoms with Crippen molar-refractivity contribution < 1.29 is 23.4 Å². The Morgan fingerprint density at radius 3 is 2.74 bits per heavy atom. The molecule has 0 aliphatic carbocycles. The molecule has 0 bridgehead atoms. The molecule has 0 radical (unpaired) electrons. The molecule has 1 aliphatic heterocycles. The number of fused-ring (bicyclic) bond motifs is 1. The van der Waals surface area contributed by atoms with Crippen molar-refractivity contribution in [3.8, 4) is 11.5 Å². The van der Waals surface area contributed by atoms with Crippen LogP contribution in [0.3, 0.4) is 0 Å². The Morgan fingerprint density at radius 1 is 1.23 bits per heavy atom. The number of allylic oxidation sites excluding steroid dienone is 1. The molecule has 0 saturated carbocycles. The fourth-order valence-corrected chi connectivity index (χ4v) is 4.87. The van der Waals surface area contributed by atoms with Crippen LogP contribution in [0.4, 0.5) is 0 Å². The maximum atomic E-state index is 13.6. The number of rotatable bonds is 9. The fraction of sp³-hybridized carbons (Fsp3) is 0.269. The SMILES string of the molecule is C=CCOc1ccc([C@@H]2C(C(=O)OCC)=C(C)N=c3s/c(=C/c4ccco4)c(=O)n32)cc1OCC. The van der Waals surface area contributed by atoms with Crippen molar-refractivity contribution >= 4 is 23.4 Å². The molecule has 2 aromatic heterocycles. The second kappa shape index (κ2) is 10.6. The Morgan fingerprint density at radius 2 is 2.06 bits per heavy atom. The zero-order valence-electron chi connectivity index (χ0n) is 19.8. The van der Waals surface area contributed by atoms with Gasteiger partial charge in [-0.1, -0.05) is 30.1 Å². The van der Waals surface area contributed by atoms with Crippen LogP contribution in [0.15, 0.2) is 74.7 Å². The maximum Gasteiger partial charge on any atom is 0.338 e. The minimum atomic E-state index is -0.753. The van der Waals surface area contributed by atoms with Crippen molar-refractivity contribution in [3.05, 3.63) is 91.5 Å². The van der Waals surface area contributed by atoms with Crippen molar-refractivity contribution in [1.82, 2.24) is 4.57 Å². The van der Waals surface area contributed by atoms with E-state index in [4.69, 9.17) is 18.6 Å². The summed E-state index contributed by atoms with van der Waals surface area (Å²) < 4.78 is 24.2. The minimum absolute atomic E-state index is 0.198. The van der Waals surface area contributed by atoms with Gasteiger partial charge in [-0.25, -0.2) is 9.79 Å². The maximum absolute atomic E-state index is 13.6. The predicted molar refractivity (Wildman–Crippen MR) is 132 cm³/mol. The van der Waals surface area contributed by atoms with E-state index in [9.17, 15) is 9.59 Å². The number of ether oxygens (including phenoxy) is 3. The minimum Gasteiger partial charge on any atom is -0.490 e. The van der Waals surface area contributed by atoms with Gasteiger partial charge in [-0.05, 0) is 50.6 Å². The molecule has 0 fully saturated rings. The van der Waals surface area contributed by atoms with Gasteiger partial charge in [0.15, 0.2) is 16.3 Å². The van der Waals surface area contributed by atoms with Crippen LogP contribution >= 0.6 is 11.3 Å².